The molecule has 0 aliphatic carbocycles. The van der Waals surface area contributed by atoms with Crippen molar-refractivity contribution in [2.45, 2.75) is 19.6 Å². The molecule has 0 aliphatic rings. The zero-order valence-corrected chi connectivity index (χ0v) is 9.39. The van der Waals surface area contributed by atoms with Gasteiger partial charge in [0.15, 0.2) is 0 Å². The molecular weight excluding hydrogens is 257 g/mol. The van der Waals surface area contributed by atoms with Gasteiger partial charge in [-0.05, 0) is 6.92 Å². The highest BCUT2D eigenvalue weighted by Crippen LogP contribution is 2.33. The van der Waals surface area contributed by atoms with Crippen molar-refractivity contribution in [3.05, 3.63) is 22.5 Å². The number of aryl methyl sites for hydroxylation is 1. The van der Waals surface area contributed by atoms with E-state index >= 15 is 0 Å². The summed E-state index contributed by atoms with van der Waals surface area (Å²) in [6, 6.07) is 1.68. The summed E-state index contributed by atoms with van der Waals surface area (Å²) in [5.74, 6) is 0.634. The fourth-order valence-corrected chi connectivity index (χ4v) is 1.68. The highest BCUT2D eigenvalue weighted by atomic mass is 32.1. The zero-order valence-electron chi connectivity index (χ0n) is 8.58. The minimum absolute atomic E-state index is 0.0954. The Balaban J connectivity index is 1.98. The minimum Gasteiger partial charge on any atom is -0.361 e. The molecule has 92 valence electrons. The molecule has 0 bridgehead atoms. The van der Waals surface area contributed by atoms with Gasteiger partial charge < -0.3 is 9.84 Å². The number of rotatable bonds is 3. The van der Waals surface area contributed by atoms with Gasteiger partial charge in [0, 0.05) is 6.07 Å². The zero-order chi connectivity index (χ0) is 12.5. The number of anilines is 1. The van der Waals surface area contributed by atoms with Crippen molar-refractivity contribution in [2.75, 3.05) is 5.32 Å². The Bertz CT molecular complexity index is 507. The van der Waals surface area contributed by atoms with E-state index in [1.807, 2.05) is 0 Å². The van der Waals surface area contributed by atoms with Gasteiger partial charge in [-0.1, -0.05) is 16.5 Å². The predicted molar refractivity (Wildman–Crippen MR) is 53.5 cm³/mol. The number of nitrogens with one attached hydrogen (secondary N) is 1. The first-order chi connectivity index (χ1) is 7.95. The molecule has 1 N–H and O–H groups in total. The highest BCUT2D eigenvalue weighted by Gasteiger charge is 2.35. The molecule has 2 aromatic rings. The fraction of sp³-hybridized carbons (Fsp3) is 0.375. The van der Waals surface area contributed by atoms with Crippen molar-refractivity contribution >= 4 is 16.5 Å². The average Bonchev–Trinajstić information content (AvgIpc) is 2.82. The van der Waals surface area contributed by atoms with E-state index in [1.165, 1.54) is 0 Å². The molecule has 0 aromatic carbocycles. The van der Waals surface area contributed by atoms with Crippen LogP contribution >= 0.6 is 11.3 Å². The van der Waals surface area contributed by atoms with Gasteiger partial charge in [-0.15, -0.1) is 10.2 Å². The van der Waals surface area contributed by atoms with Crippen LogP contribution in [0.2, 0.25) is 0 Å². The lowest BCUT2D eigenvalue weighted by Gasteiger charge is -1.98. The molecule has 0 amide bonds. The smallest absolute Gasteiger partial charge is 0.361 e. The van der Waals surface area contributed by atoms with Gasteiger partial charge in [-0.3, -0.25) is 0 Å². The number of nitrogens with zero attached hydrogens (tertiary/aromatic N) is 3. The van der Waals surface area contributed by atoms with Gasteiger partial charge >= 0.3 is 6.18 Å². The molecule has 2 aromatic heterocycles. The molecule has 0 unspecified atom stereocenters. The van der Waals surface area contributed by atoms with E-state index in [9.17, 15) is 13.2 Å². The predicted octanol–water partition coefficient (Wildman–Crippen LogP) is 2.47. The molecule has 17 heavy (non-hydrogen) atoms. The summed E-state index contributed by atoms with van der Waals surface area (Å²) >= 11 is 0.449. The number of hydrogen-bond donors (Lipinski definition) is 1. The van der Waals surface area contributed by atoms with Crippen LogP contribution < -0.4 is 5.32 Å². The third-order valence-corrected chi connectivity index (χ3v) is 2.69. The van der Waals surface area contributed by atoms with Crippen LogP contribution in [-0.4, -0.2) is 15.4 Å². The highest BCUT2D eigenvalue weighted by molar-refractivity contribution is 7.15. The molecule has 9 heteroatoms. The van der Waals surface area contributed by atoms with Gasteiger partial charge in [0.2, 0.25) is 10.1 Å². The van der Waals surface area contributed by atoms with Crippen molar-refractivity contribution in [2.24, 2.45) is 0 Å². The third kappa shape index (κ3) is 2.93. The number of alkyl halides is 3. The Morgan fingerprint density at radius 3 is 2.71 bits per heavy atom. The molecule has 0 radical (unpaired) electrons. The van der Waals surface area contributed by atoms with Crippen LogP contribution in [-0.2, 0) is 12.7 Å². The molecular formula is C8H7F3N4OS. The molecule has 0 fully saturated rings. The first-order valence-electron chi connectivity index (χ1n) is 4.52. The molecule has 5 nitrogen and oxygen atoms in total. The Kier molecular flexibility index (Phi) is 3.01. The normalized spacial score (nSPS) is 11.8. The molecule has 0 spiro atoms. The van der Waals surface area contributed by atoms with E-state index < -0.39 is 11.2 Å². The molecule has 2 rings (SSSR count). The van der Waals surface area contributed by atoms with Crippen molar-refractivity contribution in [3.63, 3.8) is 0 Å². The molecule has 0 saturated carbocycles. The Labute approximate surface area is 97.6 Å². The number of halogens is 3. The third-order valence-electron chi connectivity index (χ3n) is 1.76. The summed E-state index contributed by atoms with van der Waals surface area (Å²) in [4.78, 5) is 0. The summed E-state index contributed by atoms with van der Waals surface area (Å²) in [6.07, 6.45) is -4.46. The minimum atomic E-state index is -4.46. The van der Waals surface area contributed by atoms with Crippen LogP contribution in [0.1, 0.15) is 16.5 Å². The fourth-order valence-electron chi connectivity index (χ4n) is 1.08. The van der Waals surface area contributed by atoms with Crippen LogP contribution in [0, 0.1) is 6.92 Å². The topological polar surface area (TPSA) is 63.8 Å². The summed E-state index contributed by atoms with van der Waals surface area (Å²) in [5.41, 5.74) is 0.589. The molecule has 0 aliphatic heterocycles. The maximum Gasteiger partial charge on any atom is 0.445 e. The maximum absolute atomic E-state index is 12.2. The molecule has 2 heterocycles. The largest absolute Gasteiger partial charge is 0.445 e. The van der Waals surface area contributed by atoms with Crippen molar-refractivity contribution in [1.82, 2.24) is 15.4 Å². The van der Waals surface area contributed by atoms with Crippen LogP contribution in [0.4, 0.5) is 18.3 Å². The lowest BCUT2D eigenvalue weighted by molar-refractivity contribution is -0.138. The van der Waals surface area contributed by atoms with Crippen LogP contribution in [0.25, 0.3) is 0 Å². The molecule has 0 atom stereocenters. The van der Waals surface area contributed by atoms with Crippen molar-refractivity contribution < 1.29 is 17.7 Å². The maximum atomic E-state index is 12.2. The monoisotopic (exact) mass is 264 g/mol. The van der Waals surface area contributed by atoms with E-state index in [4.69, 9.17) is 4.52 Å². The lowest BCUT2D eigenvalue weighted by Crippen LogP contribution is -2.03. The van der Waals surface area contributed by atoms with Crippen LogP contribution in [0.5, 0.6) is 0 Å². The van der Waals surface area contributed by atoms with E-state index in [-0.39, 0.29) is 11.7 Å². The van der Waals surface area contributed by atoms with Crippen molar-refractivity contribution in [1.29, 1.82) is 0 Å². The Hall–Kier alpha value is -1.64. The summed E-state index contributed by atoms with van der Waals surface area (Å²) in [6.45, 7) is 1.97. The van der Waals surface area contributed by atoms with Crippen LogP contribution in [0.3, 0.4) is 0 Å². The van der Waals surface area contributed by atoms with E-state index in [0.29, 0.717) is 22.8 Å². The van der Waals surface area contributed by atoms with Gasteiger partial charge in [0.1, 0.15) is 11.5 Å². The quantitative estimate of drug-likeness (QED) is 0.922. The first kappa shape index (κ1) is 11.8. The van der Waals surface area contributed by atoms with Crippen LogP contribution in [0.15, 0.2) is 10.6 Å². The van der Waals surface area contributed by atoms with Gasteiger partial charge in [0.25, 0.3) is 0 Å². The second kappa shape index (κ2) is 4.32. The van der Waals surface area contributed by atoms with Gasteiger partial charge in [-0.2, -0.15) is 13.2 Å². The van der Waals surface area contributed by atoms with Gasteiger partial charge in [-0.25, -0.2) is 0 Å². The summed E-state index contributed by atoms with van der Waals surface area (Å²) < 4.78 is 41.5. The van der Waals surface area contributed by atoms with Gasteiger partial charge in [0.05, 0.1) is 6.54 Å². The standard InChI is InChI=1S/C8H7F3N4OS/c1-4-2-5(15-16-4)3-12-7-14-13-6(17-7)8(9,10)11/h2H,3H2,1H3,(H,12,14). The summed E-state index contributed by atoms with van der Waals surface area (Å²) in [7, 11) is 0. The number of aromatic nitrogens is 3. The van der Waals surface area contributed by atoms with E-state index in [0.717, 1.165) is 0 Å². The van der Waals surface area contributed by atoms with E-state index in [1.54, 1.807) is 13.0 Å². The lowest BCUT2D eigenvalue weighted by atomic mass is 10.4. The number of hydrogen-bond acceptors (Lipinski definition) is 6. The SMILES string of the molecule is Cc1cc(CNc2nnc(C(F)(F)F)s2)no1. The Morgan fingerprint density at radius 2 is 2.18 bits per heavy atom. The second-order valence-corrected chi connectivity index (χ2v) is 4.17. The second-order valence-electron chi connectivity index (χ2n) is 3.19. The average molecular weight is 264 g/mol. The van der Waals surface area contributed by atoms with E-state index in [2.05, 4.69) is 20.7 Å². The summed E-state index contributed by atoms with van der Waals surface area (Å²) in [5, 5.41) is 11.9. The molecule has 0 saturated heterocycles. The first-order valence-corrected chi connectivity index (χ1v) is 5.33. The van der Waals surface area contributed by atoms with Crippen molar-refractivity contribution in [3.8, 4) is 0 Å². The Morgan fingerprint density at radius 1 is 1.41 bits per heavy atom.